The molecular weight excluding hydrogens is 331 g/mol. The van der Waals surface area contributed by atoms with Crippen molar-refractivity contribution >= 4 is 21.9 Å². The molecule has 0 amide bonds. The lowest BCUT2D eigenvalue weighted by molar-refractivity contribution is -0.351. The maximum atomic E-state index is 12.6. The molecule has 0 unspecified atom stereocenters. The number of benzene rings is 1. The van der Waals surface area contributed by atoms with E-state index >= 15 is 0 Å². The molecule has 9 heteroatoms. The zero-order valence-corrected chi connectivity index (χ0v) is 9.81. The van der Waals surface area contributed by atoms with Gasteiger partial charge in [0.15, 0.2) is 5.97 Å². The summed E-state index contributed by atoms with van der Waals surface area (Å²) in [7, 11) is 0. The molecule has 0 aliphatic rings. The van der Waals surface area contributed by atoms with Crippen LogP contribution in [0.15, 0.2) is 22.7 Å². The molecule has 0 saturated heterocycles. The SMILES string of the molecule is O=C([O-])C(F)(F)Oc1ccc(Br)cc1C(F)(F)F. The first kappa shape index (κ1) is 14.7. The van der Waals surface area contributed by atoms with Crippen LogP contribution < -0.4 is 9.84 Å². The van der Waals surface area contributed by atoms with Crippen molar-refractivity contribution in [3.8, 4) is 5.75 Å². The van der Waals surface area contributed by atoms with Crippen molar-refractivity contribution < 1.29 is 36.6 Å². The van der Waals surface area contributed by atoms with Crippen LogP contribution in [0, 0.1) is 0 Å². The fourth-order valence-electron chi connectivity index (χ4n) is 0.992. The van der Waals surface area contributed by atoms with Crippen LogP contribution in [0.2, 0.25) is 0 Å². The molecule has 1 aromatic carbocycles. The Labute approximate surface area is 105 Å². The van der Waals surface area contributed by atoms with Crippen molar-refractivity contribution in [3.63, 3.8) is 0 Å². The Morgan fingerprint density at radius 2 is 1.78 bits per heavy atom. The number of halogens is 6. The molecule has 0 heterocycles. The van der Waals surface area contributed by atoms with Gasteiger partial charge in [0.05, 0.1) is 5.56 Å². The summed E-state index contributed by atoms with van der Waals surface area (Å²) < 4.78 is 66.3. The zero-order chi connectivity index (χ0) is 14.1. The Hall–Kier alpha value is -1.38. The van der Waals surface area contributed by atoms with Crippen molar-refractivity contribution in [2.24, 2.45) is 0 Å². The molecule has 0 aliphatic carbocycles. The number of carbonyl (C=O) groups excluding carboxylic acids is 1. The molecule has 100 valence electrons. The highest BCUT2D eigenvalue weighted by Gasteiger charge is 2.40. The van der Waals surface area contributed by atoms with Gasteiger partial charge in [0.2, 0.25) is 0 Å². The van der Waals surface area contributed by atoms with Crippen molar-refractivity contribution in [2.75, 3.05) is 0 Å². The third kappa shape index (κ3) is 3.31. The number of ether oxygens (including phenoxy) is 1. The first-order chi connectivity index (χ1) is 8.04. The average molecular weight is 334 g/mol. The molecule has 0 spiro atoms. The fourth-order valence-corrected chi connectivity index (χ4v) is 1.35. The van der Waals surface area contributed by atoms with E-state index in [0.29, 0.717) is 12.1 Å². The van der Waals surface area contributed by atoms with E-state index in [1.165, 1.54) is 0 Å². The van der Waals surface area contributed by atoms with Gasteiger partial charge in [-0.2, -0.15) is 22.0 Å². The standard InChI is InChI=1S/C9H4BrF5O3/c10-4-1-2-6(5(3-4)8(11,12)13)18-9(14,15)7(16)17/h1-3H,(H,16,17)/p-1. The van der Waals surface area contributed by atoms with Crippen LogP contribution in [0.1, 0.15) is 5.56 Å². The Morgan fingerprint density at radius 3 is 2.22 bits per heavy atom. The minimum absolute atomic E-state index is 0.0288. The molecule has 3 nitrogen and oxygen atoms in total. The number of hydrogen-bond donors (Lipinski definition) is 0. The highest BCUT2D eigenvalue weighted by atomic mass is 79.9. The molecule has 1 rings (SSSR count). The predicted molar refractivity (Wildman–Crippen MR) is 49.7 cm³/mol. The van der Waals surface area contributed by atoms with Gasteiger partial charge in [-0.1, -0.05) is 15.9 Å². The van der Waals surface area contributed by atoms with E-state index in [2.05, 4.69) is 20.7 Å². The second kappa shape index (κ2) is 4.71. The van der Waals surface area contributed by atoms with E-state index in [9.17, 15) is 31.9 Å². The van der Waals surface area contributed by atoms with Crippen LogP contribution in [0.25, 0.3) is 0 Å². The minimum Gasteiger partial charge on any atom is -0.541 e. The van der Waals surface area contributed by atoms with Gasteiger partial charge in [-0.15, -0.1) is 0 Å². The van der Waals surface area contributed by atoms with Crippen LogP contribution in [0.5, 0.6) is 5.75 Å². The average Bonchev–Trinajstić information content (AvgIpc) is 2.18. The number of hydrogen-bond acceptors (Lipinski definition) is 3. The molecule has 1 aromatic rings. The third-order valence-corrected chi connectivity index (χ3v) is 2.22. The van der Waals surface area contributed by atoms with E-state index in [1.807, 2.05) is 0 Å². The molecule has 18 heavy (non-hydrogen) atoms. The Bertz CT molecular complexity index is 472. The highest BCUT2D eigenvalue weighted by molar-refractivity contribution is 9.10. The predicted octanol–water partition coefficient (Wildman–Crippen LogP) is 2.19. The fraction of sp³-hybridized carbons (Fsp3) is 0.222. The first-order valence-corrected chi connectivity index (χ1v) is 4.98. The summed E-state index contributed by atoms with van der Waals surface area (Å²) in [5, 5.41) is 9.98. The van der Waals surface area contributed by atoms with Gasteiger partial charge >= 0.3 is 12.3 Å². The molecule has 0 aromatic heterocycles. The quantitative estimate of drug-likeness (QED) is 0.797. The number of carbonyl (C=O) groups is 1. The summed E-state index contributed by atoms with van der Waals surface area (Å²) in [6.45, 7) is 0. The Morgan fingerprint density at radius 1 is 1.22 bits per heavy atom. The number of rotatable bonds is 3. The van der Waals surface area contributed by atoms with Crippen LogP contribution >= 0.6 is 15.9 Å². The van der Waals surface area contributed by atoms with E-state index in [1.54, 1.807) is 0 Å². The van der Waals surface area contributed by atoms with Gasteiger partial charge in [0.25, 0.3) is 0 Å². The maximum absolute atomic E-state index is 12.6. The number of alkyl halides is 5. The molecule has 0 bridgehead atoms. The topological polar surface area (TPSA) is 49.4 Å². The molecule has 0 aliphatic heterocycles. The van der Waals surface area contributed by atoms with E-state index in [-0.39, 0.29) is 4.47 Å². The summed E-state index contributed by atoms with van der Waals surface area (Å²) >= 11 is 2.73. The molecular formula is C9H3BrF5O3-. The number of carboxylic acids is 1. The first-order valence-electron chi connectivity index (χ1n) is 4.19. The monoisotopic (exact) mass is 333 g/mol. The zero-order valence-electron chi connectivity index (χ0n) is 8.22. The van der Waals surface area contributed by atoms with Gasteiger partial charge in [-0.25, -0.2) is 0 Å². The van der Waals surface area contributed by atoms with Crippen LogP contribution in [0.4, 0.5) is 22.0 Å². The van der Waals surface area contributed by atoms with Gasteiger partial charge in [-0.3, -0.25) is 0 Å². The summed E-state index contributed by atoms with van der Waals surface area (Å²) in [5.41, 5.74) is -1.53. The number of aliphatic carboxylic acids is 1. The second-order valence-corrected chi connectivity index (χ2v) is 3.96. The van der Waals surface area contributed by atoms with Gasteiger partial charge in [0.1, 0.15) is 5.75 Å². The Balaban J connectivity index is 3.22. The van der Waals surface area contributed by atoms with E-state index in [0.717, 1.165) is 6.07 Å². The van der Waals surface area contributed by atoms with Crippen LogP contribution in [-0.4, -0.2) is 12.1 Å². The smallest absolute Gasteiger partial charge is 0.441 e. The lowest BCUT2D eigenvalue weighted by Crippen LogP contribution is -2.46. The van der Waals surface area contributed by atoms with Gasteiger partial charge in [-0.05, 0) is 18.2 Å². The molecule has 0 N–H and O–H groups in total. The summed E-state index contributed by atoms with van der Waals surface area (Å²) in [6.07, 6.45) is -9.82. The van der Waals surface area contributed by atoms with E-state index < -0.39 is 29.6 Å². The third-order valence-electron chi connectivity index (χ3n) is 1.72. The molecule has 0 fully saturated rings. The van der Waals surface area contributed by atoms with Crippen LogP contribution in [-0.2, 0) is 11.0 Å². The highest BCUT2D eigenvalue weighted by Crippen LogP contribution is 2.39. The minimum atomic E-state index is -4.97. The maximum Gasteiger partial charge on any atom is 0.441 e. The van der Waals surface area contributed by atoms with Gasteiger partial charge in [0, 0.05) is 4.47 Å². The number of carboxylic acid groups (broad SMARTS) is 1. The summed E-state index contributed by atoms with van der Waals surface area (Å²) in [4.78, 5) is 9.98. The van der Waals surface area contributed by atoms with Crippen LogP contribution in [0.3, 0.4) is 0 Å². The lowest BCUT2D eigenvalue weighted by Gasteiger charge is -2.21. The second-order valence-electron chi connectivity index (χ2n) is 3.04. The summed E-state index contributed by atoms with van der Waals surface area (Å²) in [6, 6.07) is 2.06. The molecule has 0 radical (unpaired) electrons. The summed E-state index contributed by atoms with van der Waals surface area (Å²) in [5.74, 6) is -4.24. The van der Waals surface area contributed by atoms with Gasteiger partial charge < -0.3 is 14.6 Å². The largest absolute Gasteiger partial charge is 0.541 e. The van der Waals surface area contributed by atoms with Crippen molar-refractivity contribution in [1.29, 1.82) is 0 Å². The van der Waals surface area contributed by atoms with Crippen molar-refractivity contribution in [1.82, 2.24) is 0 Å². The molecule has 0 saturated carbocycles. The molecule has 0 atom stereocenters. The van der Waals surface area contributed by atoms with Crippen molar-refractivity contribution in [2.45, 2.75) is 12.3 Å². The van der Waals surface area contributed by atoms with E-state index in [4.69, 9.17) is 0 Å². The van der Waals surface area contributed by atoms with Crippen molar-refractivity contribution in [3.05, 3.63) is 28.2 Å². The normalized spacial score (nSPS) is 12.3. The lowest BCUT2D eigenvalue weighted by atomic mass is 10.2. The Kier molecular flexibility index (Phi) is 3.84.